The van der Waals surface area contributed by atoms with Crippen LogP contribution in [0.5, 0.6) is 0 Å². The number of nitrogens with one attached hydrogen (secondary N) is 1. The first-order valence-electron chi connectivity index (χ1n) is 5.64. The molecule has 2 rings (SSSR count). The van der Waals surface area contributed by atoms with Crippen molar-refractivity contribution < 1.29 is 0 Å². The summed E-state index contributed by atoms with van der Waals surface area (Å²) in [5.74, 6) is 2.01. The molecule has 2 aromatic heterocycles. The van der Waals surface area contributed by atoms with Crippen LogP contribution in [0.15, 0.2) is 6.33 Å². The van der Waals surface area contributed by atoms with Crippen LogP contribution < -0.4 is 5.32 Å². The predicted octanol–water partition coefficient (Wildman–Crippen LogP) is 3.59. The molecule has 0 aliphatic rings. The van der Waals surface area contributed by atoms with Gasteiger partial charge >= 0.3 is 0 Å². The van der Waals surface area contributed by atoms with E-state index in [2.05, 4.69) is 36.1 Å². The number of halogens is 1. The molecule has 0 bridgehead atoms. The summed E-state index contributed by atoms with van der Waals surface area (Å²) in [5.41, 5.74) is 1.27. The molecule has 1 N–H and O–H groups in total. The molecular weight excluding hydrogens is 254 g/mol. The van der Waals surface area contributed by atoms with Gasteiger partial charge in [0, 0.05) is 17.3 Å². The molecule has 0 spiro atoms. The topological polar surface area (TPSA) is 37.8 Å². The highest BCUT2D eigenvalue weighted by atomic mass is 35.5. The van der Waals surface area contributed by atoms with E-state index in [9.17, 15) is 0 Å². The van der Waals surface area contributed by atoms with Crippen LogP contribution in [0.2, 0.25) is 0 Å². The maximum atomic E-state index is 5.80. The van der Waals surface area contributed by atoms with Crippen molar-refractivity contribution in [2.24, 2.45) is 5.92 Å². The molecule has 3 nitrogen and oxygen atoms in total. The van der Waals surface area contributed by atoms with Crippen molar-refractivity contribution in [2.45, 2.75) is 20.8 Å². The number of thiophene rings is 1. The maximum Gasteiger partial charge on any atom is 0.138 e. The number of aryl methyl sites for hydroxylation is 2. The van der Waals surface area contributed by atoms with Crippen LogP contribution in [0.1, 0.15) is 17.4 Å². The van der Waals surface area contributed by atoms with Gasteiger partial charge in [0.1, 0.15) is 17.0 Å². The first-order chi connectivity index (χ1) is 8.13. The Morgan fingerprint density at radius 1 is 1.41 bits per heavy atom. The lowest BCUT2D eigenvalue weighted by molar-refractivity contribution is 0.695. The van der Waals surface area contributed by atoms with Gasteiger partial charge < -0.3 is 5.32 Å². The van der Waals surface area contributed by atoms with Crippen LogP contribution in [0.3, 0.4) is 0 Å². The molecule has 1 atom stereocenters. The van der Waals surface area contributed by atoms with E-state index in [0.29, 0.717) is 11.8 Å². The van der Waals surface area contributed by atoms with E-state index in [4.69, 9.17) is 11.6 Å². The Morgan fingerprint density at radius 3 is 2.88 bits per heavy atom. The van der Waals surface area contributed by atoms with Gasteiger partial charge in [-0.25, -0.2) is 9.97 Å². The quantitative estimate of drug-likeness (QED) is 0.862. The first kappa shape index (κ1) is 12.6. The van der Waals surface area contributed by atoms with Gasteiger partial charge in [0.15, 0.2) is 0 Å². The summed E-state index contributed by atoms with van der Waals surface area (Å²) in [6.07, 6.45) is 1.62. The van der Waals surface area contributed by atoms with Crippen molar-refractivity contribution in [2.75, 3.05) is 17.7 Å². The summed E-state index contributed by atoms with van der Waals surface area (Å²) in [6.45, 7) is 7.19. The zero-order valence-corrected chi connectivity index (χ0v) is 11.8. The van der Waals surface area contributed by atoms with E-state index in [1.54, 1.807) is 17.7 Å². The zero-order valence-electron chi connectivity index (χ0n) is 10.2. The third-order valence-electron chi connectivity index (χ3n) is 2.85. The lowest BCUT2D eigenvalue weighted by atomic mass is 10.2. The fraction of sp³-hybridized carbons (Fsp3) is 0.500. The molecule has 0 radical (unpaired) electrons. The molecule has 0 aliphatic carbocycles. The average Bonchev–Trinajstić information content (AvgIpc) is 2.63. The van der Waals surface area contributed by atoms with Crippen LogP contribution in [0.4, 0.5) is 5.82 Å². The Kier molecular flexibility index (Phi) is 3.84. The fourth-order valence-corrected chi connectivity index (χ4v) is 2.75. The average molecular weight is 270 g/mol. The summed E-state index contributed by atoms with van der Waals surface area (Å²) in [5, 5.41) is 4.51. The highest BCUT2D eigenvalue weighted by Gasteiger charge is 2.12. The Labute approximate surface area is 110 Å². The number of hydrogen-bond acceptors (Lipinski definition) is 4. The smallest absolute Gasteiger partial charge is 0.138 e. The highest BCUT2D eigenvalue weighted by molar-refractivity contribution is 7.18. The normalized spacial score (nSPS) is 12.9. The fourth-order valence-electron chi connectivity index (χ4n) is 1.64. The van der Waals surface area contributed by atoms with Crippen molar-refractivity contribution in [1.29, 1.82) is 0 Å². The summed E-state index contributed by atoms with van der Waals surface area (Å²) >= 11 is 7.52. The summed E-state index contributed by atoms with van der Waals surface area (Å²) in [6, 6.07) is 0. The Balaban J connectivity index is 2.33. The minimum absolute atomic E-state index is 0.432. The number of rotatable bonds is 4. The minimum atomic E-state index is 0.432. The predicted molar refractivity (Wildman–Crippen MR) is 75.3 cm³/mol. The Morgan fingerprint density at radius 2 is 2.18 bits per heavy atom. The van der Waals surface area contributed by atoms with Crippen LogP contribution in [0, 0.1) is 19.8 Å². The summed E-state index contributed by atoms with van der Waals surface area (Å²) in [4.78, 5) is 11.0. The second-order valence-corrected chi connectivity index (χ2v) is 5.84. The monoisotopic (exact) mass is 269 g/mol. The SMILES string of the molecule is Cc1sc2ncnc(NCC(C)CCl)c2c1C. The first-order valence-corrected chi connectivity index (χ1v) is 6.99. The van der Waals surface area contributed by atoms with E-state index in [1.807, 2.05) is 0 Å². The van der Waals surface area contributed by atoms with Gasteiger partial charge in [-0.05, 0) is 25.3 Å². The van der Waals surface area contributed by atoms with Crippen LogP contribution in [0.25, 0.3) is 10.2 Å². The van der Waals surface area contributed by atoms with Gasteiger partial charge in [-0.15, -0.1) is 22.9 Å². The summed E-state index contributed by atoms with van der Waals surface area (Å²) in [7, 11) is 0. The van der Waals surface area contributed by atoms with Crippen molar-refractivity contribution in [3.05, 3.63) is 16.8 Å². The number of hydrogen-bond donors (Lipinski definition) is 1. The van der Waals surface area contributed by atoms with Crippen LogP contribution in [-0.2, 0) is 0 Å². The molecule has 0 fully saturated rings. The molecule has 0 aliphatic heterocycles. The Hall–Kier alpha value is -0.870. The van der Waals surface area contributed by atoms with Gasteiger partial charge in [0.2, 0.25) is 0 Å². The van der Waals surface area contributed by atoms with Crippen molar-refractivity contribution in [3.63, 3.8) is 0 Å². The number of anilines is 1. The van der Waals surface area contributed by atoms with Gasteiger partial charge in [0.25, 0.3) is 0 Å². The van der Waals surface area contributed by atoms with Gasteiger partial charge in [-0.3, -0.25) is 0 Å². The van der Waals surface area contributed by atoms with Gasteiger partial charge in [-0.1, -0.05) is 6.92 Å². The molecule has 0 amide bonds. The number of nitrogens with zero attached hydrogens (tertiary/aromatic N) is 2. The van der Waals surface area contributed by atoms with E-state index in [1.165, 1.54) is 10.4 Å². The van der Waals surface area contributed by atoms with Crippen molar-refractivity contribution in [1.82, 2.24) is 9.97 Å². The van der Waals surface area contributed by atoms with Gasteiger partial charge in [-0.2, -0.15) is 0 Å². The minimum Gasteiger partial charge on any atom is -0.369 e. The van der Waals surface area contributed by atoms with E-state index < -0.39 is 0 Å². The molecule has 17 heavy (non-hydrogen) atoms. The molecule has 2 heterocycles. The molecule has 92 valence electrons. The number of aromatic nitrogens is 2. The van der Waals surface area contributed by atoms with Crippen LogP contribution >= 0.6 is 22.9 Å². The molecule has 0 saturated carbocycles. The number of fused-ring (bicyclic) bond motifs is 1. The maximum absolute atomic E-state index is 5.80. The van der Waals surface area contributed by atoms with Crippen molar-refractivity contribution in [3.8, 4) is 0 Å². The number of alkyl halides is 1. The molecular formula is C12H16ClN3S. The third-order valence-corrected chi connectivity index (χ3v) is 4.49. The lowest BCUT2D eigenvalue weighted by Gasteiger charge is -2.10. The van der Waals surface area contributed by atoms with Crippen molar-refractivity contribution >= 4 is 39.0 Å². The Bertz CT molecular complexity index is 524. The van der Waals surface area contributed by atoms with E-state index in [0.717, 1.165) is 22.6 Å². The van der Waals surface area contributed by atoms with E-state index in [-0.39, 0.29) is 0 Å². The molecule has 1 unspecified atom stereocenters. The largest absolute Gasteiger partial charge is 0.369 e. The second kappa shape index (κ2) is 5.19. The molecule has 0 aromatic carbocycles. The molecule has 5 heteroatoms. The highest BCUT2D eigenvalue weighted by Crippen LogP contribution is 2.32. The standard InChI is InChI=1S/C12H16ClN3S/c1-7(4-13)5-14-11-10-8(2)9(3)17-12(10)16-6-15-11/h6-7H,4-5H2,1-3H3,(H,14,15,16). The second-order valence-electron chi connectivity index (χ2n) is 4.33. The molecule has 0 saturated heterocycles. The molecule has 2 aromatic rings. The third kappa shape index (κ3) is 2.53. The summed E-state index contributed by atoms with van der Waals surface area (Å²) < 4.78 is 0. The lowest BCUT2D eigenvalue weighted by Crippen LogP contribution is -2.13. The van der Waals surface area contributed by atoms with E-state index >= 15 is 0 Å². The van der Waals surface area contributed by atoms with Gasteiger partial charge in [0.05, 0.1) is 5.39 Å². The zero-order chi connectivity index (χ0) is 12.4. The van der Waals surface area contributed by atoms with Crippen LogP contribution in [-0.4, -0.2) is 22.4 Å².